The largest absolute Gasteiger partial charge is 0.330 e. The highest BCUT2D eigenvalue weighted by atomic mass is 19.1. The molecule has 1 aliphatic heterocycles. The van der Waals surface area contributed by atoms with Crippen molar-refractivity contribution in [1.82, 2.24) is 10.2 Å². The molecule has 0 spiro atoms. The first-order chi connectivity index (χ1) is 9.89. The van der Waals surface area contributed by atoms with Gasteiger partial charge in [0.05, 0.1) is 0 Å². The Hall–Kier alpha value is -2.24. The second-order valence-electron chi connectivity index (χ2n) is 6.02. The number of imide groups is 2. The molecule has 1 aromatic rings. The number of carbonyl (C=O) groups is 3. The highest BCUT2D eigenvalue weighted by Crippen LogP contribution is 2.46. The number of hydrogen-bond donors (Lipinski definition) is 1. The van der Waals surface area contributed by atoms with Gasteiger partial charge in [0.2, 0.25) is 11.8 Å². The number of carbonyl (C=O) groups excluding carboxylic acids is 3. The summed E-state index contributed by atoms with van der Waals surface area (Å²) in [4.78, 5) is 37.4. The van der Waals surface area contributed by atoms with Gasteiger partial charge in [-0.1, -0.05) is 19.1 Å². The van der Waals surface area contributed by atoms with Crippen LogP contribution in [0.2, 0.25) is 0 Å². The Kier molecular flexibility index (Phi) is 3.04. The van der Waals surface area contributed by atoms with Crippen LogP contribution >= 0.6 is 0 Å². The third-order valence-electron chi connectivity index (χ3n) is 4.08. The highest BCUT2D eigenvalue weighted by Gasteiger charge is 2.47. The minimum absolute atomic E-state index is 0.0557. The molecule has 2 fully saturated rings. The molecule has 5 nitrogen and oxygen atoms in total. The lowest BCUT2D eigenvalue weighted by atomic mass is 9.94. The molecular formula is C15H15FN2O3. The lowest BCUT2D eigenvalue weighted by molar-refractivity contribution is -0.139. The van der Waals surface area contributed by atoms with Crippen LogP contribution in [0, 0.1) is 11.2 Å². The van der Waals surface area contributed by atoms with Crippen molar-refractivity contribution in [3.63, 3.8) is 0 Å². The maximum absolute atomic E-state index is 13.3. The monoisotopic (exact) mass is 290 g/mol. The predicted octanol–water partition coefficient (Wildman–Crippen LogP) is 1.79. The van der Waals surface area contributed by atoms with Gasteiger partial charge < -0.3 is 0 Å². The van der Waals surface area contributed by atoms with Crippen molar-refractivity contribution >= 4 is 17.8 Å². The molecule has 21 heavy (non-hydrogen) atoms. The number of nitrogens with one attached hydrogen (secondary N) is 1. The van der Waals surface area contributed by atoms with Gasteiger partial charge in [-0.2, -0.15) is 0 Å². The number of nitrogens with zero attached hydrogens (tertiary/aromatic N) is 1. The van der Waals surface area contributed by atoms with Gasteiger partial charge in [-0.15, -0.1) is 0 Å². The van der Waals surface area contributed by atoms with Gasteiger partial charge in [-0.05, 0) is 36.0 Å². The molecule has 0 radical (unpaired) electrons. The quantitative estimate of drug-likeness (QED) is 0.863. The zero-order valence-corrected chi connectivity index (χ0v) is 11.6. The minimum atomic E-state index is -1.17. The van der Waals surface area contributed by atoms with Crippen molar-refractivity contribution in [2.45, 2.75) is 25.7 Å². The molecule has 110 valence electrons. The summed E-state index contributed by atoms with van der Waals surface area (Å²) in [5, 5.41) is 2.18. The van der Waals surface area contributed by atoms with E-state index in [1.54, 1.807) is 0 Å². The fraction of sp³-hybridized carbons (Fsp3) is 0.400. The van der Waals surface area contributed by atoms with E-state index in [-0.39, 0.29) is 17.5 Å². The van der Waals surface area contributed by atoms with E-state index in [1.165, 1.54) is 18.2 Å². The Morgan fingerprint density at radius 2 is 2.05 bits per heavy atom. The first-order valence-electron chi connectivity index (χ1n) is 6.81. The number of urea groups is 1. The topological polar surface area (TPSA) is 66.5 Å². The molecule has 0 aromatic heterocycles. The maximum atomic E-state index is 13.3. The van der Waals surface area contributed by atoms with Gasteiger partial charge in [0, 0.05) is 6.54 Å². The van der Waals surface area contributed by atoms with Crippen molar-refractivity contribution in [2.24, 2.45) is 5.41 Å². The fourth-order valence-corrected chi connectivity index (χ4v) is 2.50. The molecule has 1 saturated heterocycles. The number of amides is 4. The molecule has 0 bridgehead atoms. The van der Waals surface area contributed by atoms with Crippen LogP contribution in [0.3, 0.4) is 0 Å². The predicted molar refractivity (Wildman–Crippen MR) is 71.7 cm³/mol. The summed E-state index contributed by atoms with van der Waals surface area (Å²) in [6.07, 6.45) is 1.89. The number of hydrogen-bond acceptors (Lipinski definition) is 3. The van der Waals surface area contributed by atoms with Gasteiger partial charge >= 0.3 is 6.03 Å². The summed E-state index contributed by atoms with van der Waals surface area (Å²) in [6, 6.07) is 4.65. The van der Waals surface area contributed by atoms with E-state index in [4.69, 9.17) is 0 Å². The summed E-state index contributed by atoms with van der Waals surface area (Å²) in [5.74, 6) is -2.97. The van der Waals surface area contributed by atoms with E-state index in [9.17, 15) is 18.8 Å². The molecule has 6 heteroatoms. The molecule has 1 aromatic carbocycles. The minimum Gasteiger partial charge on any atom is -0.277 e. The van der Waals surface area contributed by atoms with Crippen molar-refractivity contribution in [3.8, 4) is 0 Å². The zero-order chi connectivity index (χ0) is 15.2. The lowest BCUT2D eigenvalue weighted by Crippen LogP contribution is -2.57. The van der Waals surface area contributed by atoms with E-state index >= 15 is 0 Å². The lowest BCUT2D eigenvalue weighted by Gasteiger charge is -2.32. The normalized spacial score (nSPS) is 24.0. The second-order valence-corrected chi connectivity index (χ2v) is 6.02. The van der Waals surface area contributed by atoms with E-state index in [0.717, 1.165) is 23.8 Å². The van der Waals surface area contributed by atoms with Crippen molar-refractivity contribution in [1.29, 1.82) is 0 Å². The first kappa shape index (κ1) is 13.7. The first-order valence-corrected chi connectivity index (χ1v) is 6.81. The zero-order valence-electron chi connectivity index (χ0n) is 11.6. The molecule has 1 aliphatic carbocycles. The number of barbiturate groups is 1. The highest BCUT2D eigenvalue weighted by molar-refractivity contribution is 6.19. The summed E-state index contributed by atoms with van der Waals surface area (Å²) >= 11 is 0. The van der Waals surface area contributed by atoms with Gasteiger partial charge in [-0.3, -0.25) is 19.8 Å². The van der Waals surface area contributed by atoms with Crippen LogP contribution in [0.4, 0.5) is 9.18 Å². The van der Waals surface area contributed by atoms with E-state index in [0.29, 0.717) is 0 Å². The maximum Gasteiger partial charge on any atom is 0.330 e. The molecule has 3 rings (SSSR count). The fourth-order valence-electron chi connectivity index (χ4n) is 2.50. The molecule has 1 saturated carbocycles. The second kappa shape index (κ2) is 4.65. The van der Waals surface area contributed by atoms with Crippen LogP contribution < -0.4 is 5.32 Å². The average molecular weight is 290 g/mol. The molecule has 1 N–H and O–H groups in total. The van der Waals surface area contributed by atoms with Crippen LogP contribution in [0.15, 0.2) is 24.3 Å². The molecular weight excluding hydrogens is 275 g/mol. The van der Waals surface area contributed by atoms with Gasteiger partial charge in [0.15, 0.2) is 0 Å². The molecule has 1 unspecified atom stereocenters. The standard InChI is InChI=1S/C15H15FN2O3/c1-15(5-6-15)8-18-13(20)11(12(19)17-14(18)21)9-3-2-4-10(16)7-9/h2-4,7,11H,5-6,8H2,1H3,(H,17,19,21). The molecule has 1 heterocycles. The summed E-state index contributed by atoms with van der Waals surface area (Å²) in [7, 11) is 0. The molecule has 1 atom stereocenters. The Labute approximate surface area is 121 Å². The average Bonchev–Trinajstić information content (AvgIpc) is 3.13. The Bertz CT molecular complexity index is 640. The number of halogens is 1. The Morgan fingerprint density at radius 3 is 2.67 bits per heavy atom. The van der Waals surface area contributed by atoms with E-state index in [2.05, 4.69) is 5.32 Å². The molecule has 2 aliphatic rings. The van der Waals surface area contributed by atoms with Gasteiger partial charge in [-0.25, -0.2) is 9.18 Å². The molecule has 4 amide bonds. The Morgan fingerprint density at radius 1 is 1.33 bits per heavy atom. The van der Waals surface area contributed by atoms with Crippen molar-refractivity contribution < 1.29 is 18.8 Å². The Balaban J connectivity index is 1.90. The van der Waals surface area contributed by atoms with Crippen LogP contribution in [0.5, 0.6) is 0 Å². The smallest absolute Gasteiger partial charge is 0.277 e. The summed E-state index contributed by atoms with van der Waals surface area (Å²) in [5.41, 5.74) is 0.204. The van der Waals surface area contributed by atoms with Crippen molar-refractivity contribution in [2.75, 3.05) is 6.54 Å². The van der Waals surface area contributed by atoms with Crippen LogP contribution in [-0.2, 0) is 9.59 Å². The number of rotatable bonds is 3. The van der Waals surface area contributed by atoms with E-state index < -0.39 is 29.6 Å². The summed E-state index contributed by atoms with van der Waals surface area (Å²) in [6.45, 7) is 2.28. The van der Waals surface area contributed by atoms with E-state index in [1.807, 2.05) is 6.92 Å². The number of benzene rings is 1. The van der Waals surface area contributed by atoms with Crippen LogP contribution in [0.1, 0.15) is 31.2 Å². The van der Waals surface area contributed by atoms with Crippen molar-refractivity contribution in [3.05, 3.63) is 35.6 Å². The van der Waals surface area contributed by atoms with Crippen LogP contribution in [0.25, 0.3) is 0 Å². The van der Waals surface area contributed by atoms with Gasteiger partial charge in [0.1, 0.15) is 11.7 Å². The SMILES string of the molecule is CC1(CN2C(=O)NC(=O)C(c3cccc(F)c3)C2=O)CC1. The van der Waals surface area contributed by atoms with Gasteiger partial charge in [0.25, 0.3) is 0 Å². The van der Waals surface area contributed by atoms with Crippen LogP contribution in [-0.4, -0.2) is 29.3 Å². The third-order valence-corrected chi connectivity index (χ3v) is 4.08. The summed E-state index contributed by atoms with van der Waals surface area (Å²) < 4.78 is 13.3. The third kappa shape index (κ3) is 2.53.